The molecule has 416 valence electrons. The number of aromatic nitrogens is 2. The third-order valence-electron chi connectivity index (χ3n) is 18.3. The van der Waals surface area contributed by atoms with Gasteiger partial charge in [0.1, 0.15) is 12.5 Å². The standard InChI is InChI=1S/C78H80N4Si/c1-74(2,3)54-36-38-56(39-37-54)78(12,13)58-44-45-79-73(50-58)82-69-43-40-57(77(10,11)55-26-17-14-18-27-55)49-68(69)67-42-41-66(52-72(67)82)83(63-29-19-15-20-30-63,64-31-21-16-22-32-64)65-33-25-28-61(51-65)80-53-81(71-35-24-23-34-70(71)80)62-47-59(75(4,5)6)46-60(48-62)76(7,8)9/h14-52H,53H2,1-13H3. The highest BCUT2D eigenvalue weighted by Crippen LogP contribution is 2.46. The molecular formula is C78H80N4Si. The van der Waals surface area contributed by atoms with Crippen molar-refractivity contribution in [3.63, 3.8) is 0 Å². The van der Waals surface area contributed by atoms with Crippen LogP contribution in [0, 0.1) is 0 Å². The van der Waals surface area contributed by atoms with Crippen molar-refractivity contribution in [3.8, 4) is 5.82 Å². The first-order valence-corrected chi connectivity index (χ1v) is 31.8. The van der Waals surface area contributed by atoms with E-state index in [-0.39, 0.29) is 27.1 Å². The van der Waals surface area contributed by atoms with E-state index in [0.717, 1.165) is 16.9 Å². The molecule has 83 heavy (non-hydrogen) atoms. The van der Waals surface area contributed by atoms with Crippen LogP contribution in [-0.4, -0.2) is 24.3 Å². The van der Waals surface area contributed by atoms with Crippen LogP contribution in [0.3, 0.4) is 0 Å². The monoisotopic (exact) mass is 1100 g/mol. The van der Waals surface area contributed by atoms with Crippen LogP contribution in [0.15, 0.2) is 237 Å². The van der Waals surface area contributed by atoms with Crippen molar-refractivity contribution >= 4 is 73.4 Å². The Kier molecular flexibility index (Phi) is 13.7. The summed E-state index contributed by atoms with van der Waals surface area (Å²) in [5, 5.41) is 7.70. The van der Waals surface area contributed by atoms with E-state index in [9.17, 15) is 0 Å². The number of anilines is 4. The van der Waals surface area contributed by atoms with Crippen molar-refractivity contribution in [2.75, 3.05) is 16.5 Å². The lowest BCUT2D eigenvalue weighted by atomic mass is 9.77. The highest BCUT2D eigenvalue weighted by molar-refractivity contribution is 7.20. The maximum Gasteiger partial charge on any atom is 0.179 e. The number of hydrogen-bond acceptors (Lipinski definition) is 3. The second-order valence-corrected chi connectivity index (χ2v) is 31.2. The molecule has 1 aliphatic heterocycles. The molecule has 0 spiro atoms. The SMILES string of the molecule is CC(C)(C)c1ccc(C(C)(C)c2ccnc(-n3c4ccc(C(C)(C)c5ccccc5)cc4c4ccc([Si](c5ccccc5)(c5ccccc5)c5cccc(N6CN(c7cc(C(C)(C)C)cc(C(C)(C)C)c7)c7ccccc76)c5)cc43)c2)cc1. The zero-order valence-corrected chi connectivity index (χ0v) is 52.0. The minimum atomic E-state index is -3.16. The molecule has 0 N–H and O–H groups in total. The highest BCUT2D eigenvalue weighted by atomic mass is 28.3. The van der Waals surface area contributed by atoms with Gasteiger partial charge in [0.25, 0.3) is 0 Å². The molecule has 4 nitrogen and oxygen atoms in total. The molecule has 0 bridgehead atoms. The molecule has 3 heterocycles. The fourth-order valence-electron chi connectivity index (χ4n) is 13.0. The summed E-state index contributed by atoms with van der Waals surface area (Å²) < 4.78 is 2.46. The summed E-state index contributed by atoms with van der Waals surface area (Å²) in [4.78, 5) is 10.4. The van der Waals surface area contributed by atoms with Gasteiger partial charge < -0.3 is 9.80 Å². The Morgan fingerprint density at radius 2 is 0.807 bits per heavy atom. The summed E-state index contributed by atoms with van der Waals surface area (Å²) in [6.07, 6.45) is 2.02. The van der Waals surface area contributed by atoms with Crippen LogP contribution in [0.2, 0.25) is 0 Å². The van der Waals surface area contributed by atoms with Crippen molar-refractivity contribution in [1.29, 1.82) is 0 Å². The molecule has 0 fully saturated rings. The summed E-state index contributed by atoms with van der Waals surface area (Å²) in [5.74, 6) is 0.905. The van der Waals surface area contributed by atoms with E-state index >= 15 is 0 Å². The van der Waals surface area contributed by atoms with Gasteiger partial charge in [0.2, 0.25) is 0 Å². The largest absolute Gasteiger partial charge is 0.321 e. The second kappa shape index (κ2) is 20.6. The number of benzene rings is 9. The average Bonchev–Trinajstić information content (AvgIpc) is 2.50. The molecule has 0 aliphatic carbocycles. The van der Waals surface area contributed by atoms with Crippen LogP contribution in [0.5, 0.6) is 0 Å². The molecule has 0 saturated carbocycles. The minimum Gasteiger partial charge on any atom is -0.321 e. The molecule has 0 amide bonds. The van der Waals surface area contributed by atoms with Gasteiger partial charge in [-0.15, -0.1) is 0 Å². The molecule has 1 aliphatic rings. The van der Waals surface area contributed by atoms with Gasteiger partial charge in [-0.25, -0.2) is 4.98 Å². The Bertz CT molecular complexity index is 4100. The van der Waals surface area contributed by atoms with Crippen molar-refractivity contribution in [2.45, 2.75) is 117 Å². The summed E-state index contributed by atoms with van der Waals surface area (Å²) in [5.41, 5.74) is 15.7. The van der Waals surface area contributed by atoms with Gasteiger partial charge in [0.15, 0.2) is 8.07 Å². The van der Waals surface area contributed by atoms with Crippen molar-refractivity contribution in [2.24, 2.45) is 0 Å². The minimum absolute atomic E-state index is 0.0114. The van der Waals surface area contributed by atoms with Crippen LogP contribution >= 0.6 is 0 Å². The third-order valence-corrected chi connectivity index (χ3v) is 23.1. The van der Waals surface area contributed by atoms with Gasteiger partial charge >= 0.3 is 0 Å². The zero-order chi connectivity index (χ0) is 58.3. The summed E-state index contributed by atoms with van der Waals surface area (Å²) in [6.45, 7) is 30.9. The normalized spacial score (nSPS) is 13.5. The molecule has 9 aromatic carbocycles. The van der Waals surface area contributed by atoms with Crippen molar-refractivity contribution in [1.82, 2.24) is 9.55 Å². The first kappa shape index (κ1) is 55.3. The molecule has 0 radical (unpaired) electrons. The number of pyridine rings is 1. The molecule has 5 heteroatoms. The zero-order valence-electron chi connectivity index (χ0n) is 51.0. The van der Waals surface area contributed by atoms with E-state index in [1.165, 1.54) is 93.2 Å². The van der Waals surface area contributed by atoms with E-state index in [4.69, 9.17) is 4.98 Å². The van der Waals surface area contributed by atoms with Gasteiger partial charge in [-0.3, -0.25) is 4.57 Å². The van der Waals surface area contributed by atoms with E-state index < -0.39 is 8.07 Å². The van der Waals surface area contributed by atoms with Crippen LogP contribution in [0.4, 0.5) is 22.7 Å². The Balaban J connectivity index is 1.07. The molecule has 0 unspecified atom stereocenters. The summed E-state index contributed by atoms with van der Waals surface area (Å²) >= 11 is 0. The fraction of sp³-hybridized carbons (Fsp3) is 0.244. The van der Waals surface area contributed by atoms with Gasteiger partial charge in [-0.1, -0.05) is 254 Å². The Morgan fingerprint density at radius 3 is 1.39 bits per heavy atom. The van der Waals surface area contributed by atoms with Crippen molar-refractivity contribution in [3.05, 3.63) is 276 Å². The van der Waals surface area contributed by atoms with Crippen molar-refractivity contribution < 1.29 is 0 Å². The van der Waals surface area contributed by atoms with Gasteiger partial charge in [0, 0.05) is 39.2 Å². The molecule has 2 aromatic heterocycles. The number of fused-ring (bicyclic) bond motifs is 4. The number of hydrogen-bond donors (Lipinski definition) is 0. The van der Waals surface area contributed by atoms with Crippen LogP contribution in [0.25, 0.3) is 27.6 Å². The predicted molar refractivity (Wildman–Crippen MR) is 357 cm³/mol. The molecular weight excluding hydrogens is 1020 g/mol. The van der Waals surface area contributed by atoms with Gasteiger partial charge in [-0.2, -0.15) is 0 Å². The second-order valence-electron chi connectivity index (χ2n) is 27.4. The predicted octanol–water partition coefficient (Wildman–Crippen LogP) is 17.3. The first-order valence-electron chi connectivity index (χ1n) is 29.8. The van der Waals surface area contributed by atoms with Crippen LogP contribution < -0.4 is 30.5 Å². The maximum absolute atomic E-state index is 5.32. The van der Waals surface area contributed by atoms with E-state index in [2.05, 4.69) is 335 Å². The molecule has 11 aromatic rings. The molecule has 12 rings (SSSR count). The molecule has 0 atom stereocenters. The number of para-hydroxylation sites is 2. The van der Waals surface area contributed by atoms with E-state index in [1.807, 2.05) is 6.20 Å². The van der Waals surface area contributed by atoms with E-state index in [1.54, 1.807) is 0 Å². The smallest absolute Gasteiger partial charge is 0.179 e. The molecule has 0 saturated heterocycles. The van der Waals surface area contributed by atoms with Gasteiger partial charge in [-0.05, 0) is 143 Å². The summed E-state index contributed by atoms with van der Waals surface area (Å²) in [6, 6.07) is 87.9. The number of rotatable bonds is 11. The average molecular weight is 1100 g/mol. The maximum atomic E-state index is 5.32. The summed E-state index contributed by atoms with van der Waals surface area (Å²) in [7, 11) is -3.16. The number of nitrogens with zero attached hydrogens (tertiary/aromatic N) is 4. The van der Waals surface area contributed by atoms with E-state index in [0.29, 0.717) is 6.67 Å². The van der Waals surface area contributed by atoms with Gasteiger partial charge in [0.05, 0.1) is 22.4 Å². The lowest BCUT2D eigenvalue weighted by Gasteiger charge is -2.35. The Labute approximate surface area is 495 Å². The lowest BCUT2D eigenvalue weighted by molar-refractivity contribution is 0.568. The highest BCUT2D eigenvalue weighted by Gasteiger charge is 2.43. The quantitative estimate of drug-likeness (QED) is 0.0953. The first-order chi connectivity index (χ1) is 39.5. The topological polar surface area (TPSA) is 24.3 Å². The Hall–Kier alpha value is -8.25. The lowest BCUT2D eigenvalue weighted by Crippen LogP contribution is -2.74. The third kappa shape index (κ3) is 9.81. The fourth-order valence-corrected chi connectivity index (χ4v) is 17.7. The van der Waals surface area contributed by atoms with Crippen LogP contribution in [-0.2, 0) is 27.1 Å². The van der Waals surface area contributed by atoms with Crippen LogP contribution in [0.1, 0.15) is 129 Å². The Morgan fingerprint density at radius 1 is 0.325 bits per heavy atom.